The maximum Gasteiger partial charge on any atom is 0.231 e. The number of nitrogens with zero attached hydrogens (tertiary/aromatic N) is 1. The first kappa shape index (κ1) is 21.4. The van der Waals surface area contributed by atoms with E-state index in [-0.39, 0.29) is 24.0 Å². The van der Waals surface area contributed by atoms with Crippen LogP contribution < -0.4 is 5.32 Å². The number of benzene rings is 1. The SMILES string of the molecule is CC(C)c1ccc(NC(=O)C2C3C=CC4(O3)C2C(=O)N2C(c3ccco3)CC(=O)C(C)C24)cc1. The van der Waals surface area contributed by atoms with Gasteiger partial charge in [0.1, 0.15) is 17.1 Å². The van der Waals surface area contributed by atoms with Crippen molar-refractivity contribution in [3.63, 3.8) is 0 Å². The van der Waals surface area contributed by atoms with Gasteiger partial charge in [0.05, 0.1) is 36.3 Å². The second kappa shape index (κ2) is 7.40. The molecule has 7 atom stereocenters. The summed E-state index contributed by atoms with van der Waals surface area (Å²) in [7, 11) is 0. The molecule has 0 aliphatic carbocycles. The number of fused-ring (bicyclic) bond motifs is 2. The van der Waals surface area contributed by atoms with E-state index in [1.165, 1.54) is 5.56 Å². The number of hydrogen-bond donors (Lipinski definition) is 1. The summed E-state index contributed by atoms with van der Waals surface area (Å²) in [5.41, 5.74) is 0.898. The minimum atomic E-state index is -0.981. The van der Waals surface area contributed by atoms with Crippen molar-refractivity contribution in [3.05, 3.63) is 66.1 Å². The Morgan fingerprint density at radius 2 is 1.94 bits per heavy atom. The Hall–Kier alpha value is -3.19. The van der Waals surface area contributed by atoms with Crippen LogP contribution in [-0.4, -0.2) is 40.2 Å². The van der Waals surface area contributed by atoms with E-state index in [9.17, 15) is 14.4 Å². The number of amides is 2. The van der Waals surface area contributed by atoms with E-state index in [2.05, 4.69) is 19.2 Å². The van der Waals surface area contributed by atoms with Crippen molar-refractivity contribution in [1.29, 1.82) is 0 Å². The largest absolute Gasteiger partial charge is 0.467 e. The summed E-state index contributed by atoms with van der Waals surface area (Å²) in [6, 6.07) is 10.4. The van der Waals surface area contributed by atoms with E-state index in [4.69, 9.17) is 9.15 Å². The average molecular weight is 461 g/mol. The molecule has 2 aromatic rings. The first-order chi connectivity index (χ1) is 16.3. The fraction of sp³-hybridized carbons (Fsp3) is 0.444. The predicted octanol–water partition coefficient (Wildman–Crippen LogP) is 3.84. The number of ketones is 1. The van der Waals surface area contributed by atoms with E-state index in [1.807, 2.05) is 43.3 Å². The van der Waals surface area contributed by atoms with Gasteiger partial charge in [-0.1, -0.05) is 45.1 Å². The Bertz CT molecular complexity index is 1180. The summed E-state index contributed by atoms with van der Waals surface area (Å²) in [4.78, 5) is 42.2. The van der Waals surface area contributed by atoms with Gasteiger partial charge in [-0.05, 0) is 35.7 Å². The molecule has 34 heavy (non-hydrogen) atoms. The maximum absolute atomic E-state index is 13.9. The van der Waals surface area contributed by atoms with Gasteiger partial charge >= 0.3 is 0 Å². The molecular formula is C27H28N2O5. The molecule has 2 amide bonds. The summed E-state index contributed by atoms with van der Waals surface area (Å²) < 4.78 is 12.0. The number of furan rings is 1. The first-order valence-corrected chi connectivity index (χ1v) is 12.0. The van der Waals surface area contributed by atoms with Crippen LogP contribution in [0.15, 0.2) is 59.2 Å². The number of piperidine rings is 1. The van der Waals surface area contributed by atoms with Crippen molar-refractivity contribution in [2.45, 2.75) is 56.9 Å². The van der Waals surface area contributed by atoms with Gasteiger partial charge in [-0.3, -0.25) is 14.4 Å². The third kappa shape index (κ3) is 2.83. The van der Waals surface area contributed by atoms with Crippen LogP contribution in [0.25, 0.3) is 0 Å². The standard InChI is InChI=1S/C27H28N2O5/c1-14(2)16-6-8-17(9-7-16)28-25(31)22-21-10-11-27(34-21)23(22)26(32)29-18(20-5-4-12-33-20)13-19(30)15(3)24(27)29/h4-12,14-15,18,21-24H,13H2,1-3H3,(H,28,31). The average Bonchev–Trinajstić information content (AvgIpc) is 3.59. The number of Topliss-reactive ketones (excluding diaryl/α,β-unsaturated/α-hetero) is 1. The second-order valence-electron chi connectivity index (χ2n) is 10.2. The van der Waals surface area contributed by atoms with Crippen molar-refractivity contribution in [2.75, 3.05) is 5.32 Å². The summed E-state index contributed by atoms with van der Waals surface area (Å²) in [5, 5.41) is 3.00. The van der Waals surface area contributed by atoms with Crippen LogP contribution in [0.1, 0.15) is 50.5 Å². The number of carbonyl (C=O) groups is 3. The Balaban J connectivity index is 1.34. The van der Waals surface area contributed by atoms with Gasteiger partial charge in [0.15, 0.2) is 0 Å². The van der Waals surface area contributed by atoms with E-state index in [1.54, 1.807) is 23.3 Å². The van der Waals surface area contributed by atoms with Gasteiger partial charge in [-0.25, -0.2) is 0 Å². The van der Waals surface area contributed by atoms with E-state index in [0.29, 0.717) is 17.4 Å². The van der Waals surface area contributed by atoms with Crippen LogP contribution in [-0.2, 0) is 19.1 Å². The van der Waals surface area contributed by atoms with Crippen LogP contribution >= 0.6 is 0 Å². The Kier molecular flexibility index (Phi) is 4.65. The molecule has 0 saturated carbocycles. The minimum absolute atomic E-state index is 0.0732. The van der Waals surface area contributed by atoms with Crippen LogP contribution in [0.3, 0.4) is 0 Å². The number of carbonyl (C=O) groups excluding carboxylic acids is 3. The summed E-state index contributed by atoms with van der Waals surface area (Å²) >= 11 is 0. The van der Waals surface area contributed by atoms with Crippen LogP contribution in [0.4, 0.5) is 5.69 Å². The zero-order valence-corrected chi connectivity index (χ0v) is 19.4. The molecule has 1 spiro atoms. The molecule has 176 valence electrons. The minimum Gasteiger partial charge on any atom is -0.467 e. The lowest BCUT2D eigenvalue weighted by Crippen LogP contribution is -2.55. The smallest absolute Gasteiger partial charge is 0.231 e. The number of nitrogens with one attached hydrogen (secondary N) is 1. The molecular weight excluding hydrogens is 432 g/mol. The highest BCUT2D eigenvalue weighted by atomic mass is 16.5. The number of hydrogen-bond acceptors (Lipinski definition) is 5. The Morgan fingerprint density at radius 3 is 2.62 bits per heavy atom. The van der Waals surface area contributed by atoms with Crippen molar-refractivity contribution in [3.8, 4) is 0 Å². The molecule has 2 bridgehead atoms. The molecule has 7 unspecified atom stereocenters. The number of rotatable bonds is 4. The number of anilines is 1. The fourth-order valence-electron chi connectivity index (χ4n) is 6.44. The third-order valence-corrected chi connectivity index (χ3v) is 8.10. The lowest BCUT2D eigenvalue weighted by molar-refractivity contribution is -0.147. The fourth-order valence-corrected chi connectivity index (χ4v) is 6.44. The highest BCUT2D eigenvalue weighted by molar-refractivity contribution is 6.00. The molecule has 7 nitrogen and oxygen atoms in total. The van der Waals surface area contributed by atoms with E-state index < -0.39 is 41.5 Å². The first-order valence-electron chi connectivity index (χ1n) is 12.0. The van der Waals surface area contributed by atoms with Crippen molar-refractivity contribution in [1.82, 2.24) is 4.90 Å². The van der Waals surface area contributed by atoms with Crippen molar-refractivity contribution in [2.24, 2.45) is 17.8 Å². The molecule has 7 heteroatoms. The lowest BCUT2D eigenvalue weighted by atomic mass is 9.70. The Labute approximate surface area is 198 Å². The zero-order valence-electron chi connectivity index (χ0n) is 19.4. The van der Waals surface area contributed by atoms with Crippen LogP contribution in [0.2, 0.25) is 0 Å². The topological polar surface area (TPSA) is 88.8 Å². The molecule has 1 N–H and O–H groups in total. The van der Waals surface area contributed by atoms with Gasteiger partial charge in [-0.15, -0.1) is 0 Å². The van der Waals surface area contributed by atoms with Gasteiger partial charge in [0.25, 0.3) is 0 Å². The van der Waals surface area contributed by atoms with Gasteiger partial charge in [0, 0.05) is 18.0 Å². The van der Waals surface area contributed by atoms with Crippen LogP contribution in [0.5, 0.6) is 0 Å². The predicted molar refractivity (Wildman–Crippen MR) is 124 cm³/mol. The van der Waals surface area contributed by atoms with E-state index >= 15 is 0 Å². The quantitative estimate of drug-likeness (QED) is 0.701. The molecule has 0 radical (unpaired) electrons. The highest BCUT2D eigenvalue weighted by Gasteiger charge is 2.74. The molecule has 1 aromatic carbocycles. The third-order valence-electron chi connectivity index (χ3n) is 8.10. The van der Waals surface area contributed by atoms with E-state index in [0.717, 1.165) is 0 Å². The van der Waals surface area contributed by atoms with Gasteiger partial charge in [-0.2, -0.15) is 0 Å². The van der Waals surface area contributed by atoms with Crippen molar-refractivity contribution < 1.29 is 23.5 Å². The molecule has 1 aromatic heterocycles. The van der Waals surface area contributed by atoms with Crippen molar-refractivity contribution >= 4 is 23.3 Å². The molecule has 4 aliphatic rings. The second-order valence-corrected chi connectivity index (χ2v) is 10.2. The molecule has 6 rings (SSSR count). The molecule has 3 fully saturated rings. The summed E-state index contributed by atoms with van der Waals surface area (Å²) in [6.07, 6.45) is 5.06. The van der Waals surface area contributed by atoms with Crippen LogP contribution in [0, 0.1) is 17.8 Å². The molecule has 5 heterocycles. The highest BCUT2D eigenvalue weighted by Crippen LogP contribution is 2.60. The monoisotopic (exact) mass is 460 g/mol. The summed E-state index contributed by atoms with van der Waals surface area (Å²) in [5.74, 6) is -1.05. The Morgan fingerprint density at radius 1 is 1.18 bits per heavy atom. The summed E-state index contributed by atoms with van der Waals surface area (Å²) in [6.45, 7) is 6.10. The zero-order chi connectivity index (χ0) is 23.8. The lowest BCUT2D eigenvalue weighted by Gasteiger charge is -2.43. The van der Waals surface area contributed by atoms with Gasteiger partial charge in [0.2, 0.25) is 11.8 Å². The normalized spacial score (nSPS) is 35.7. The molecule has 4 aliphatic heterocycles. The molecule has 3 saturated heterocycles. The maximum atomic E-state index is 13.9. The number of ether oxygens (including phenoxy) is 1. The van der Waals surface area contributed by atoms with Gasteiger partial charge < -0.3 is 19.4 Å².